The van der Waals surface area contributed by atoms with Gasteiger partial charge in [-0.3, -0.25) is 0 Å². The molecule has 0 saturated heterocycles. The van der Waals surface area contributed by atoms with E-state index in [2.05, 4.69) is 15.5 Å². The summed E-state index contributed by atoms with van der Waals surface area (Å²) in [5.41, 5.74) is 0.946. The highest BCUT2D eigenvalue weighted by Crippen LogP contribution is 2.21. The van der Waals surface area contributed by atoms with Crippen LogP contribution >= 0.6 is 11.6 Å². The van der Waals surface area contributed by atoms with Crippen LogP contribution in [0.2, 0.25) is 0 Å². The van der Waals surface area contributed by atoms with Crippen molar-refractivity contribution in [3.05, 3.63) is 30.0 Å². The predicted octanol–water partition coefficient (Wildman–Crippen LogP) is 2.59. The second-order valence-electron chi connectivity index (χ2n) is 3.30. The van der Waals surface area contributed by atoms with Gasteiger partial charge < -0.3 is 5.32 Å². The van der Waals surface area contributed by atoms with Crippen LogP contribution in [0.15, 0.2) is 24.3 Å². The number of halogens is 1. The standard InChI is InChI=1S/C11H12ClN3/c1-8-9-4-2-3-5-10(9)11(15-14-8)13-7-6-12/h2-5H,6-7H2,1H3,(H,13,15). The predicted molar refractivity (Wildman–Crippen MR) is 63.5 cm³/mol. The van der Waals surface area contributed by atoms with Gasteiger partial charge in [0.25, 0.3) is 0 Å². The van der Waals surface area contributed by atoms with Gasteiger partial charge in [-0.25, -0.2) is 0 Å². The average Bonchev–Trinajstić information content (AvgIpc) is 2.29. The molecule has 0 radical (unpaired) electrons. The van der Waals surface area contributed by atoms with Crippen LogP contribution in [-0.4, -0.2) is 22.6 Å². The molecule has 0 fully saturated rings. The summed E-state index contributed by atoms with van der Waals surface area (Å²) in [4.78, 5) is 0. The number of benzene rings is 1. The molecule has 4 heteroatoms. The zero-order valence-corrected chi connectivity index (χ0v) is 9.25. The average molecular weight is 222 g/mol. The molecule has 1 heterocycles. The molecule has 2 aromatic rings. The first kappa shape index (κ1) is 10.2. The number of nitrogens with zero attached hydrogens (tertiary/aromatic N) is 2. The van der Waals surface area contributed by atoms with Gasteiger partial charge in [0.1, 0.15) is 0 Å². The molecule has 0 aliphatic heterocycles. The minimum atomic E-state index is 0.559. The van der Waals surface area contributed by atoms with Crippen molar-refractivity contribution in [1.82, 2.24) is 10.2 Å². The van der Waals surface area contributed by atoms with Crippen LogP contribution in [0.25, 0.3) is 10.8 Å². The van der Waals surface area contributed by atoms with E-state index >= 15 is 0 Å². The number of hydrogen-bond acceptors (Lipinski definition) is 3. The summed E-state index contributed by atoms with van der Waals surface area (Å²) in [6.45, 7) is 2.66. The fraction of sp³-hybridized carbons (Fsp3) is 0.273. The third-order valence-electron chi connectivity index (χ3n) is 2.26. The first-order valence-corrected chi connectivity index (χ1v) is 5.38. The van der Waals surface area contributed by atoms with E-state index < -0.39 is 0 Å². The molecule has 0 saturated carbocycles. The number of rotatable bonds is 3. The summed E-state index contributed by atoms with van der Waals surface area (Å²) >= 11 is 5.62. The van der Waals surface area contributed by atoms with Gasteiger partial charge in [0, 0.05) is 23.2 Å². The van der Waals surface area contributed by atoms with E-state index in [1.54, 1.807) is 0 Å². The highest BCUT2D eigenvalue weighted by molar-refractivity contribution is 6.18. The Bertz CT molecular complexity index is 470. The minimum Gasteiger partial charge on any atom is -0.367 e. The van der Waals surface area contributed by atoms with Gasteiger partial charge in [-0.2, -0.15) is 5.10 Å². The van der Waals surface area contributed by atoms with E-state index in [1.165, 1.54) is 0 Å². The summed E-state index contributed by atoms with van der Waals surface area (Å²) in [5.74, 6) is 1.36. The Morgan fingerprint density at radius 3 is 2.67 bits per heavy atom. The maximum atomic E-state index is 5.62. The van der Waals surface area contributed by atoms with Crippen LogP contribution in [0, 0.1) is 6.92 Å². The van der Waals surface area contributed by atoms with Gasteiger partial charge in [0.2, 0.25) is 0 Å². The number of aromatic nitrogens is 2. The molecule has 2 rings (SSSR count). The summed E-state index contributed by atoms with van der Waals surface area (Å²) in [5, 5.41) is 13.6. The Hall–Kier alpha value is -1.35. The minimum absolute atomic E-state index is 0.559. The molecular weight excluding hydrogens is 210 g/mol. The number of fused-ring (bicyclic) bond motifs is 1. The van der Waals surface area contributed by atoms with Crippen LogP contribution in [0.5, 0.6) is 0 Å². The van der Waals surface area contributed by atoms with E-state index in [-0.39, 0.29) is 0 Å². The molecule has 0 spiro atoms. The second-order valence-corrected chi connectivity index (χ2v) is 3.67. The molecule has 1 aromatic heterocycles. The molecule has 3 nitrogen and oxygen atoms in total. The van der Waals surface area contributed by atoms with Crippen molar-refractivity contribution in [2.75, 3.05) is 17.7 Å². The van der Waals surface area contributed by atoms with Crippen LogP contribution in [0.4, 0.5) is 5.82 Å². The first-order valence-electron chi connectivity index (χ1n) is 4.85. The van der Waals surface area contributed by atoms with Crippen LogP contribution in [-0.2, 0) is 0 Å². The van der Waals surface area contributed by atoms with E-state index in [1.807, 2.05) is 31.2 Å². The van der Waals surface area contributed by atoms with Gasteiger partial charge >= 0.3 is 0 Å². The summed E-state index contributed by atoms with van der Waals surface area (Å²) in [6.07, 6.45) is 0. The second kappa shape index (κ2) is 4.45. The molecule has 0 unspecified atom stereocenters. The van der Waals surface area contributed by atoms with E-state index in [0.717, 1.165) is 22.3 Å². The summed E-state index contributed by atoms with van der Waals surface area (Å²) in [6, 6.07) is 8.08. The number of anilines is 1. The van der Waals surface area contributed by atoms with Crippen LogP contribution in [0.1, 0.15) is 5.69 Å². The molecule has 1 aromatic carbocycles. The van der Waals surface area contributed by atoms with E-state index in [9.17, 15) is 0 Å². The van der Waals surface area contributed by atoms with Crippen molar-refractivity contribution >= 4 is 28.2 Å². The topological polar surface area (TPSA) is 37.8 Å². The van der Waals surface area contributed by atoms with Crippen molar-refractivity contribution in [1.29, 1.82) is 0 Å². The lowest BCUT2D eigenvalue weighted by Crippen LogP contribution is -2.06. The molecule has 0 bridgehead atoms. The lowest BCUT2D eigenvalue weighted by atomic mass is 10.1. The normalized spacial score (nSPS) is 10.5. The number of alkyl halides is 1. The number of aryl methyl sites for hydroxylation is 1. The highest BCUT2D eigenvalue weighted by Gasteiger charge is 2.04. The van der Waals surface area contributed by atoms with Crippen LogP contribution in [0.3, 0.4) is 0 Å². The zero-order chi connectivity index (χ0) is 10.7. The van der Waals surface area contributed by atoms with Gasteiger partial charge in [-0.1, -0.05) is 24.3 Å². The molecule has 0 amide bonds. The van der Waals surface area contributed by atoms with Crippen molar-refractivity contribution in [2.45, 2.75) is 6.92 Å². The quantitative estimate of drug-likeness (QED) is 0.810. The van der Waals surface area contributed by atoms with Crippen molar-refractivity contribution < 1.29 is 0 Å². The maximum Gasteiger partial charge on any atom is 0.156 e. The molecule has 1 N–H and O–H groups in total. The Balaban J connectivity index is 2.51. The van der Waals surface area contributed by atoms with E-state index in [0.29, 0.717) is 12.4 Å². The molecule has 78 valence electrons. The Kier molecular flexibility index (Phi) is 3.02. The van der Waals surface area contributed by atoms with Crippen molar-refractivity contribution in [2.24, 2.45) is 0 Å². The lowest BCUT2D eigenvalue weighted by molar-refractivity contribution is 0.991. The summed E-state index contributed by atoms with van der Waals surface area (Å²) < 4.78 is 0. The van der Waals surface area contributed by atoms with Crippen molar-refractivity contribution in [3.8, 4) is 0 Å². The van der Waals surface area contributed by atoms with Gasteiger partial charge in [-0.05, 0) is 6.92 Å². The monoisotopic (exact) mass is 221 g/mol. The third-order valence-corrected chi connectivity index (χ3v) is 2.45. The maximum absolute atomic E-state index is 5.62. The third kappa shape index (κ3) is 2.02. The van der Waals surface area contributed by atoms with Crippen LogP contribution < -0.4 is 5.32 Å². The number of nitrogens with one attached hydrogen (secondary N) is 1. The summed E-state index contributed by atoms with van der Waals surface area (Å²) in [7, 11) is 0. The fourth-order valence-corrected chi connectivity index (χ4v) is 1.63. The SMILES string of the molecule is Cc1nnc(NCCCl)c2ccccc12. The fourth-order valence-electron chi connectivity index (χ4n) is 1.53. The zero-order valence-electron chi connectivity index (χ0n) is 8.50. The first-order chi connectivity index (χ1) is 7.33. The molecular formula is C11H12ClN3. The number of hydrogen-bond donors (Lipinski definition) is 1. The lowest BCUT2D eigenvalue weighted by Gasteiger charge is -2.07. The molecule has 0 aliphatic carbocycles. The van der Waals surface area contributed by atoms with Gasteiger partial charge in [0.05, 0.1) is 5.69 Å². The molecule has 0 aliphatic rings. The van der Waals surface area contributed by atoms with Crippen molar-refractivity contribution in [3.63, 3.8) is 0 Å². The molecule has 15 heavy (non-hydrogen) atoms. The Morgan fingerprint density at radius 2 is 1.93 bits per heavy atom. The van der Waals surface area contributed by atoms with Gasteiger partial charge in [0.15, 0.2) is 5.82 Å². The smallest absolute Gasteiger partial charge is 0.156 e. The Labute approximate surface area is 93.5 Å². The Morgan fingerprint density at radius 1 is 1.20 bits per heavy atom. The largest absolute Gasteiger partial charge is 0.367 e. The van der Waals surface area contributed by atoms with Gasteiger partial charge in [-0.15, -0.1) is 16.7 Å². The highest BCUT2D eigenvalue weighted by atomic mass is 35.5. The molecule has 0 atom stereocenters. The van der Waals surface area contributed by atoms with E-state index in [4.69, 9.17) is 11.6 Å².